The molecule has 0 unspecified atom stereocenters. The van der Waals surface area contributed by atoms with Gasteiger partial charge in [0.15, 0.2) is 12.4 Å². The SMILES string of the molecule is COc1cc(Cn2cc3c(NC(=O)CC4CC4)nccc3n2)cnc1OCC(F)(F)F. The predicted molar refractivity (Wildman–Crippen MR) is 105 cm³/mol. The van der Waals surface area contributed by atoms with Gasteiger partial charge in [0.25, 0.3) is 5.88 Å². The van der Waals surface area contributed by atoms with Crippen LogP contribution in [0.15, 0.2) is 30.7 Å². The minimum atomic E-state index is -4.47. The van der Waals surface area contributed by atoms with Crippen LogP contribution in [-0.2, 0) is 11.3 Å². The van der Waals surface area contributed by atoms with Gasteiger partial charge in [-0.3, -0.25) is 9.48 Å². The lowest BCUT2D eigenvalue weighted by molar-refractivity contribution is -0.154. The molecule has 0 saturated heterocycles. The lowest BCUT2D eigenvalue weighted by Gasteiger charge is -2.12. The molecule has 1 aliphatic rings. The van der Waals surface area contributed by atoms with Crippen molar-refractivity contribution in [1.82, 2.24) is 19.7 Å². The highest BCUT2D eigenvalue weighted by atomic mass is 19.4. The van der Waals surface area contributed by atoms with Crippen LogP contribution in [0, 0.1) is 5.92 Å². The average molecular weight is 435 g/mol. The molecule has 0 aromatic carbocycles. The zero-order valence-corrected chi connectivity index (χ0v) is 16.6. The average Bonchev–Trinajstić information content (AvgIpc) is 3.42. The monoisotopic (exact) mass is 435 g/mol. The molecule has 0 aliphatic heterocycles. The Labute approximate surface area is 175 Å². The molecule has 31 heavy (non-hydrogen) atoms. The van der Waals surface area contributed by atoms with Crippen molar-refractivity contribution in [2.75, 3.05) is 19.0 Å². The summed E-state index contributed by atoms with van der Waals surface area (Å²) in [6.07, 6.45) is 2.90. The summed E-state index contributed by atoms with van der Waals surface area (Å²) in [5, 5.41) is 8.01. The molecule has 11 heteroatoms. The molecule has 1 saturated carbocycles. The fourth-order valence-corrected chi connectivity index (χ4v) is 3.09. The van der Waals surface area contributed by atoms with E-state index in [9.17, 15) is 18.0 Å². The van der Waals surface area contributed by atoms with Crippen LogP contribution < -0.4 is 14.8 Å². The number of pyridine rings is 2. The Morgan fingerprint density at radius 2 is 2.13 bits per heavy atom. The molecule has 1 fully saturated rings. The van der Waals surface area contributed by atoms with Crippen LogP contribution in [0.5, 0.6) is 11.6 Å². The molecule has 1 amide bonds. The maximum Gasteiger partial charge on any atom is 0.422 e. The smallest absolute Gasteiger partial charge is 0.422 e. The normalized spacial score (nSPS) is 13.9. The molecule has 0 radical (unpaired) electrons. The Bertz CT molecular complexity index is 1100. The van der Waals surface area contributed by atoms with Crippen molar-refractivity contribution in [2.24, 2.45) is 5.92 Å². The Balaban J connectivity index is 1.50. The molecule has 8 nitrogen and oxygen atoms in total. The Hall–Kier alpha value is -3.37. The second-order valence-electron chi connectivity index (χ2n) is 7.37. The minimum Gasteiger partial charge on any atom is -0.491 e. The molecular formula is C20H20F3N5O3. The number of rotatable bonds is 8. The number of aromatic nitrogens is 4. The molecule has 4 rings (SSSR count). The summed E-state index contributed by atoms with van der Waals surface area (Å²) in [5.74, 6) is 0.694. The van der Waals surface area contributed by atoms with Crippen LogP contribution in [0.4, 0.5) is 19.0 Å². The van der Waals surface area contributed by atoms with Crippen molar-refractivity contribution in [3.05, 3.63) is 36.3 Å². The van der Waals surface area contributed by atoms with Crippen LogP contribution in [0.25, 0.3) is 10.9 Å². The second-order valence-corrected chi connectivity index (χ2v) is 7.37. The summed E-state index contributed by atoms with van der Waals surface area (Å²) in [7, 11) is 1.33. The Morgan fingerprint density at radius 3 is 2.84 bits per heavy atom. The Kier molecular flexibility index (Phi) is 5.66. The topological polar surface area (TPSA) is 91.2 Å². The molecule has 0 spiro atoms. The van der Waals surface area contributed by atoms with Gasteiger partial charge in [0, 0.05) is 25.0 Å². The number of nitrogens with one attached hydrogen (secondary N) is 1. The minimum absolute atomic E-state index is 0.0707. The van der Waals surface area contributed by atoms with Gasteiger partial charge in [-0.05, 0) is 36.5 Å². The van der Waals surface area contributed by atoms with Gasteiger partial charge >= 0.3 is 6.18 Å². The standard InChI is InChI=1S/C20H20F3N5O3/c1-30-16-6-13(8-25-19(16)31-11-20(21,22)23)9-28-10-14-15(27-28)4-5-24-18(14)26-17(29)7-12-2-3-12/h4-6,8,10,12H,2-3,7,9,11H2,1H3,(H,24,26,29). The molecule has 164 valence electrons. The number of anilines is 1. The number of methoxy groups -OCH3 is 1. The fourth-order valence-electron chi connectivity index (χ4n) is 3.09. The van der Waals surface area contributed by atoms with Crippen molar-refractivity contribution >= 4 is 22.6 Å². The highest BCUT2D eigenvalue weighted by Gasteiger charge is 2.29. The quantitative estimate of drug-likeness (QED) is 0.582. The van der Waals surface area contributed by atoms with Crippen LogP contribution >= 0.6 is 0 Å². The van der Waals surface area contributed by atoms with Gasteiger partial charge in [0.05, 0.1) is 24.6 Å². The first-order valence-electron chi connectivity index (χ1n) is 9.65. The van der Waals surface area contributed by atoms with Crippen molar-refractivity contribution < 1.29 is 27.4 Å². The van der Waals surface area contributed by atoms with E-state index in [1.807, 2.05) is 0 Å². The number of alkyl halides is 3. The number of hydrogen-bond acceptors (Lipinski definition) is 6. The highest BCUT2D eigenvalue weighted by molar-refractivity contribution is 5.99. The number of halogens is 3. The molecule has 3 aromatic heterocycles. The highest BCUT2D eigenvalue weighted by Crippen LogP contribution is 2.33. The molecule has 1 N–H and O–H groups in total. The number of amides is 1. The zero-order chi connectivity index (χ0) is 22.0. The molecule has 3 aromatic rings. The molecule has 1 aliphatic carbocycles. The predicted octanol–water partition coefficient (Wildman–Crippen LogP) is 3.56. The van der Waals surface area contributed by atoms with Crippen LogP contribution in [0.2, 0.25) is 0 Å². The summed E-state index contributed by atoms with van der Waals surface area (Å²) >= 11 is 0. The lowest BCUT2D eigenvalue weighted by Crippen LogP contribution is -2.20. The van der Waals surface area contributed by atoms with E-state index in [4.69, 9.17) is 9.47 Å². The van der Waals surface area contributed by atoms with E-state index in [1.54, 1.807) is 29.2 Å². The second kappa shape index (κ2) is 8.40. The maximum absolute atomic E-state index is 12.4. The molecule has 0 bridgehead atoms. The summed E-state index contributed by atoms with van der Waals surface area (Å²) in [6.45, 7) is -1.17. The molecule has 3 heterocycles. The number of ether oxygens (including phenoxy) is 2. The first kappa shape index (κ1) is 20.9. The van der Waals surface area contributed by atoms with E-state index >= 15 is 0 Å². The van der Waals surface area contributed by atoms with E-state index < -0.39 is 12.8 Å². The van der Waals surface area contributed by atoms with E-state index in [-0.39, 0.29) is 24.1 Å². The zero-order valence-electron chi connectivity index (χ0n) is 16.6. The largest absolute Gasteiger partial charge is 0.491 e. The summed E-state index contributed by atoms with van der Waals surface area (Å²) < 4.78 is 48.6. The van der Waals surface area contributed by atoms with Crippen molar-refractivity contribution in [1.29, 1.82) is 0 Å². The van der Waals surface area contributed by atoms with Gasteiger partial charge in [0.2, 0.25) is 5.91 Å². The lowest BCUT2D eigenvalue weighted by atomic mass is 10.2. The van der Waals surface area contributed by atoms with Crippen molar-refractivity contribution in [2.45, 2.75) is 32.0 Å². The van der Waals surface area contributed by atoms with Crippen molar-refractivity contribution in [3.8, 4) is 11.6 Å². The van der Waals surface area contributed by atoms with Gasteiger partial charge < -0.3 is 14.8 Å². The van der Waals surface area contributed by atoms with Gasteiger partial charge in [0.1, 0.15) is 5.82 Å². The summed E-state index contributed by atoms with van der Waals surface area (Å²) in [4.78, 5) is 20.3. The van der Waals surface area contributed by atoms with Gasteiger partial charge in [-0.25, -0.2) is 9.97 Å². The van der Waals surface area contributed by atoms with Gasteiger partial charge in [-0.1, -0.05) is 0 Å². The number of hydrogen-bond donors (Lipinski definition) is 1. The molecular weight excluding hydrogens is 415 g/mol. The van der Waals surface area contributed by atoms with E-state index in [1.165, 1.54) is 13.3 Å². The van der Waals surface area contributed by atoms with E-state index in [0.717, 1.165) is 12.8 Å². The first-order chi connectivity index (χ1) is 14.8. The third-order valence-corrected chi connectivity index (χ3v) is 4.72. The number of carbonyl (C=O) groups is 1. The van der Waals surface area contributed by atoms with E-state index in [2.05, 4.69) is 20.4 Å². The summed E-state index contributed by atoms with van der Waals surface area (Å²) in [5.41, 5.74) is 1.30. The summed E-state index contributed by atoms with van der Waals surface area (Å²) in [6, 6.07) is 3.27. The number of fused-ring (bicyclic) bond motifs is 1. The van der Waals surface area contributed by atoms with Gasteiger partial charge in [-0.15, -0.1) is 0 Å². The third kappa shape index (κ3) is 5.41. The third-order valence-electron chi connectivity index (χ3n) is 4.72. The maximum atomic E-state index is 12.4. The van der Waals surface area contributed by atoms with Gasteiger partial charge in [-0.2, -0.15) is 18.3 Å². The van der Waals surface area contributed by atoms with Crippen LogP contribution in [-0.4, -0.2) is 45.5 Å². The Morgan fingerprint density at radius 1 is 1.32 bits per heavy atom. The number of carbonyl (C=O) groups excluding carboxylic acids is 1. The van der Waals surface area contributed by atoms with Crippen LogP contribution in [0.3, 0.4) is 0 Å². The van der Waals surface area contributed by atoms with Crippen molar-refractivity contribution in [3.63, 3.8) is 0 Å². The number of nitrogens with zero attached hydrogens (tertiary/aromatic N) is 4. The van der Waals surface area contributed by atoms with Crippen LogP contribution in [0.1, 0.15) is 24.8 Å². The molecule has 0 atom stereocenters. The van der Waals surface area contributed by atoms with E-state index in [0.29, 0.717) is 34.6 Å². The fraction of sp³-hybridized carbons (Fsp3) is 0.400. The first-order valence-corrected chi connectivity index (χ1v) is 9.65.